The maximum atomic E-state index is 11.3. The summed E-state index contributed by atoms with van der Waals surface area (Å²) >= 11 is 0. The molecule has 0 spiro atoms. The Kier molecular flexibility index (Phi) is 4.74. The summed E-state index contributed by atoms with van der Waals surface area (Å²) in [6, 6.07) is 0. The molecule has 0 aromatic rings. The van der Waals surface area contributed by atoms with Crippen molar-refractivity contribution in [1.29, 1.82) is 0 Å². The first kappa shape index (κ1) is 13.5. The highest BCUT2D eigenvalue weighted by molar-refractivity contribution is 5.80. The van der Waals surface area contributed by atoms with Gasteiger partial charge in [0.15, 0.2) is 0 Å². The number of hydrogen-bond acceptors (Lipinski definition) is 3. The van der Waals surface area contributed by atoms with Gasteiger partial charge in [-0.2, -0.15) is 0 Å². The van der Waals surface area contributed by atoms with Crippen LogP contribution in [0.15, 0.2) is 0 Å². The summed E-state index contributed by atoms with van der Waals surface area (Å²) in [5, 5.41) is 12.2. The molecular formula is C12H23NO3. The molecule has 0 aliphatic heterocycles. The molecule has 1 aliphatic rings. The smallest absolute Gasteiger partial charge is 0.326 e. The molecule has 1 unspecified atom stereocenters. The Bertz CT molecular complexity index is 238. The van der Waals surface area contributed by atoms with Crippen molar-refractivity contribution in [2.45, 2.75) is 38.6 Å². The zero-order valence-corrected chi connectivity index (χ0v) is 10.5. The summed E-state index contributed by atoms with van der Waals surface area (Å²) in [7, 11) is 1.71. The van der Waals surface area contributed by atoms with Gasteiger partial charge in [-0.1, -0.05) is 13.8 Å². The van der Waals surface area contributed by atoms with Gasteiger partial charge >= 0.3 is 5.97 Å². The molecule has 1 rings (SSSR count). The van der Waals surface area contributed by atoms with Crippen molar-refractivity contribution in [2.24, 2.45) is 11.8 Å². The Morgan fingerprint density at radius 2 is 2.19 bits per heavy atom. The molecule has 1 atom stereocenters. The van der Waals surface area contributed by atoms with Crippen molar-refractivity contribution in [1.82, 2.24) is 5.32 Å². The van der Waals surface area contributed by atoms with Crippen molar-refractivity contribution in [3.63, 3.8) is 0 Å². The van der Waals surface area contributed by atoms with E-state index in [1.807, 2.05) is 0 Å². The minimum absolute atomic E-state index is 0.231. The molecule has 16 heavy (non-hydrogen) atoms. The summed E-state index contributed by atoms with van der Waals surface area (Å²) in [6.45, 7) is 5.18. The molecule has 0 aromatic heterocycles. The normalized spacial score (nSPS) is 19.8. The van der Waals surface area contributed by atoms with E-state index in [0.717, 1.165) is 19.3 Å². The van der Waals surface area contributed by atoms with Gasteiger partial charge in [0, 0.05) is 6.61 Å². The molecule has 0 saturated heterocycles. The molecule has 0 radical (unpaired) electrons. The zero-order chi connectivity index (χ0) is 12.2. The van der Waals surface area contributed by atoms with E-state index in [1.54, 1.807) is 7.05 Å². The molecule has 0 aromatic carbocycles. The standard InChI is InChI=1S/C12H23NO3/c1-9(2)6-7-16-8-12(13-3,11(14)15)10-4-5-10/h9-10,13H,4-8H2,1-3H3,(H,14,15). The summed E-state index contributed by atoms with van der Waals surface area (Å²) in [4.78, 5) is 11.3. The predicted octanol–water partition coefficient (Wildman–Crippen LogP) is 1.50. The van der Waals surface area contributed by atoms with Crippen LogP contribution in [0, 0.1) is 11.8 Å². The average Bonchev–Trinajstić information content (AvgIpc) is 3.01. The van der Waals surface area contributed by atoms with Crippen molar-refractivity contribution in [2.75, 3.05) is 20.3 Å². The van der Waals surface area contributed by atoms with E-state index >= 15 is 0 Å². The van der Waals surface area contributed by atoms with Crippen LogP contribution in [0.4, 0.5) is 0 Å². The first-order chi connectivity index (χ1) is 7.53. The minimum Gasteiger partial charge on any atom is -0.480 e. The average molecular weight is 229 g/mol. The van der Waals surface area contributed by atoms with E-state index in [0.29, 0.717) is 12.5 Å². The maximum absolute atomic E-state index is 11.3. The lowest BCUT2D eigenvalue weighted by atomic mass is 9.94. The van der Waals surface area contributed by atoms with Crippen LogP contribution in [-0.2, 0) is 9.53 Å². The second kappa shape index (κ2) is 5.64. The van der Waals surface area contributed by atoms with Gasteiger partial charge in [0.2, 0.25) is 0 Å². The number of rotatable bonds is 8. The summed E-state index contributed by atoms with van der Waals surface area (Å²) in [5.74, 6) is 0.0332. The van der Waals surface area contributed by atoms with Gasteiger partial charge in [-0.3, -0.25) is 4.79 Å². The third-order valence-corrected chi connectivity index (χ3v) is 3.27. The highest BCUT2D eigenvalue weighted by atomic mass is 16.5. The van der Waals surface area contributed by atoms with Crippen molar-refractivity contribution < 1.29 is 14.6 Å². The third-order valence-electron chi connectivity index (χ3n) is 3.27. The Hall–Kier alpha value is -0.610. The molecule has 0 amide bonds. The molecule has 1 fully saturated rings. The van der Waals surface area contributed by atoms with Gasteiger partial charge < -0.3 is 15.2 Å². The lowest BCUT2D eigenvalue weighted by Crippen LogP contribution is -2.56. The van der Waals surface area contributed by atoms with Gasteiger partial charge in [-0.15, -0.1) is 0 Å². The third kappa shape index (κ3) is 3.19. The number of carbonyl (C=O) groups is 1. The van der Waals surface area contributed by atoms with E-state index in [-0.39, 0.29) is 12.5 Å². The fourth-order valence-corrected chi connectivity index (χ4v) is 1.87. The molecule has 1 saturated carbocycles. The number of carboxylic acids is 1. The van der Waals surface area contributed by atoms with Crippen LogP contribution in [0.1, 0.15) is 33.1 Å². The Balaban J connectivity index is 2.41. The van der Waals surface area contributed by atoms with Crippen LogP contribution in [-0.4, -0.2) is 36.9 Å². The van der Waals surface area contributed by atoms with Gasteiger partial charge in [0.1, 0.15) is 5.54 Å². The van der Waals surface area contributed by atoms with E-state index in [9.17, 15) is 9.90 Å². The van der Waals surface area contributed by atoms with Crippen LogP contribution < -0.4 is 5.32 Å². The molecule has 94 valence electrons. The van der Waals surface area contributed by atoms with Crippen molar-refractivity contribution in [3.05, 3.63) is 0 Å². The highest BCUT2D eigenvalue weighted by Crippen LogP contribution is 2.40. The predicted molar refractivity (Wildman–Crippen MR) is 62.4 cm³/mol. The Labute approximate surface area is 97.4 Å². The summed E-state index contributed by atoms with van der Waals surface area (Å²) in [6.07, 6.45) is 2.95. The number of hydrogen-bond donors (Lipinski definition) is 2. The highest BCUT2D eigenvalue weighted by Gasteiger charge is 2.50. The molecule has 4 heteroatoms. The van der Waals surface area contributed by atoms with E-state index in [2.05, 4.69) is 19.2 Å². The van der Waals surface area contributed by atoms with Crippen LogP contribution >= 0.6 is 0 Å². The zero-order valence-electron chi connectivity index (χ0n) is 10.5. The van der Waals surface area contributed by atoms with Gasteiger partial charge in [-0.05, 0) is 38.1 Å². The summed E-state index contributed by atoms with van der Waals surface area (Å²) < 4.78 is 5.52. The molecule has 1 aliphatic carbocycles. The fraction of sp³-hybridized carbons (Fsp3) is 0.917. The lowest BCUT2D eigenvalue weighted by molar-refractivity contribution is -0.149. The van der Waals surface area contributed by atoms with Gasteiger partial charge in [-0.25, -0.2) is 0 Å². The van der Waals surface area contributed by atoms with Crippen LogP contribution in [0.25, 0.3) is 0 Å². The number of aliphatic carboxylic acids is 1. The second-order valence-corrected chi connectivity index (χ2v) is 5.04. The maximum Gasteiger partial charge on any atom is 0.326 e. The number of nitrogens with one attached hydrogen (secondary N) is 1. The lowest BCUT2D eigenvalue weighted by Gasteiger charge is -2.28. The topological polar surface area (TPSA) is 58.6 Å². The largest absolute Gasteiger partial charge is 0.480 e. The molecule has 4 nitrogen and oxygen atoms in total. The quantitative estimate of drug-likeness (QED) is 0.619. The molecule has 0 bridgehead atoms. The van der Waals surface area contributed by atoms with Crippen LogP contribution in [0.2, 0.25) is 0 Å². The first-order valence-corrected chi connectivity index (χ1v) is 6.03. The first-order valence-electron chi connectivity index (χ1n) is 6.03. The van der Waals surface area contributed by atoms with E-state index < -0.39 is 11.5 Å². The van der Waals surface area contributed by atoms with E-state index in [4.69, 9.17) is 4.74 Å². The van der Waals surface area contributed by atoms with Crippen molar-refractivity contribution in [3.8, 4) is 0 Å². The summed E-state index contributed by atoms with van der Waals surface area (Å²) in [5.41, 5.74) is -0.864. The van der Waals surface area contributed by atoms with Crippen LogP contribution in [0.3, 0.4) is 0 Å². The molecular weight excluding hydrogens is 206 g/mol. The molecule has 0 heterocycles. The SMILES string of the molecule is CNC(COCCC(C)C)(C(=O)O)C1CC1. The number of ether oxygens (including phenoxy) is 1. The Morgan fingerprint density at radius 1 is 1.56 bits per heavy atom. The molecule has 2 N–H and O–H groups in total. The second-order valence-electron chi connectivity index (χ2n) is 5.04. The fourth-order valence-electron chi connectivity index (χ4n) is 1.87. The van der Waals surface area contributed by atoms with Gasteiger partial charge in [0.05, 0.1) is 6.61 Å². The monoisotopic (exact) mass is 229 g/mol. The van der Waals surface area contributed by atoms with Gasteiger partial charge in [0.25, 0.3) is 0 Å². The minimum atomic E-state index is -0.864. The Morgan fingerprint density at radius 3 is 2.56 bits per heavy atom. The van der Waals surface area contributed by atoms with Crippen molar-refractivity contribution >= 4 is 5.97 Å². The van der Waals surface area contributed by atoms with Crippen LogP contribution in [0.5, 0.6) is 0 Å². The number of likely N-dealkylation sites (N-methyl/N-ethyl adjacent to an activating group) is 1. The van der Waals surface area contributed by atoms with E-state index in [1.165, 1.54) is 0 Å². The number of carboxylic acid groups (broad SMARTS) is 1.